The number of amides is 2. The van der Waals surface area contributed by atoms with Gasteiger partial charge in [0.1, 0.15) is 11.6 Å². The SMILES string of the molecule is CCOc1ccc2ccccc2c1/C=C1\SC(=O)N(Cc2ccccc2F)C1=O. The number of carbonyl (C=O) groups excluding carboxylic acids is 2. The highest BCUT2D eigenvalue weighted by atomic mass is 32.2. The number of hydrogen-bond donors (Lipinski definition) is 0. The van der Waals surface area contributed by atoms with Gasteiger partial charge >= 0.3 is 0 Å². The van der Waals surface area contributed by atoms with E-state index < -0.39 is 17.0 Å². The van der Waals surface area contributed by atoms with Crippen molar-refractivity contribution in [2.24, 2.45) is 0 Å². The van der Waals surface area contributed by atoms with Crippen LogP contribution in [-0.4, -0.2) is 22.7 Å². The standard InChI is InChI=1S/C23H18FNO3S/c1-2-28-20-12-11-15-7-3-5-9-17(15)18(20)13-21-22(26)25(23(27)29-21)14-16-8-4-6-10-19(16)24/h3-13H,2,14H2,1H3/b21-13-. The molecule has 1 fully saturated rings. The second kappa shape index (κ2) is 8.09. The lowest BCUT2D eigenvalue weighted by molar-refractivity contribution is -0.123. The molecule has 29 heavy (non-hydrogen) atoms. The second-order valence-corrected chi connectivity index (χ2v) is 7.48. The molecule has 1 aliphatic rings. The van der Waals surface area contributed by atoms with E-state index in [0.29, 0.717) is 22.8 Å². The van der Waals surface area contributed by atoms with Crippen molar-refractivity contribution in [1.29, 1.82) is 0 Å². The van der Waals surface area contributed by atoms with Crippen molar-refractivity contribution in [1.82, 2.24) is 4.90 Å². The van der Waals surface area contributed by atoms with Crippen LogP contribution in [0.4, 0.5) is 9.18 Å². The Morgan fingerprint density at radius 2 is 1.79 bits per heavy atom. The highest BCUT2D eigenvalue weighted by molar-refractivity contribution is 8.18. The number of benzene rings is 3. The molecule has 2 amide bonds. The number of nitrogens with zero attached hydrogens (tertiary/aromatic N) is 1. The number of rotatable bonds is 5. The monoisotopic (exact) mass is 407 g/mol. The van der Waals surface area contributed by atoms with Crippen LogP contribution in [0.1, 0.15) is 18.1 Å². The lowest BCUT2D eigenvalue weighted by Crippen LogP contribution is -2.27. The van der Waals surface area contributed by atoms with Gasteiger partial charge in [-0.3, -0.25) is 14.5 Å². The molecule has 0 radical (unpaired) electrons. The molecule has 0 bridgehead atoms. The average Bonchev–Trinajstić information content (AvgIpc) is 2.99. The van der Waals surface area contributed by atoms with E-state index in [9.17, 15) is 14.0 Å². The molecule has 6 heteroatoms. The van der Waals surface area contributed by atoms with Gasteiger partial charge < -0.3 is 4.74 Å². The summed E-state index contributed by atoms with van der Waals surface area (Å²) < 4.78 is 19.7. The van der Waals surface area contributed by atoms with E-state index in [-0.39, 0.29) is 6.54 Å². The maximum Gasteiger partial charge on any atom is 0.293 e. The van der Waals surface area contributed by atoms with Crippen LogP contribution in [0.3, 0.4) is 0 Å². The molecule has 0 aliphatic carbocycles. The smallest absolute Gasteiger partial charge is 0.293 e. The lowest BCUT2D eigenvalue weighted by atomic mass is 10.0. The Hall–Kier alpha value is -3.12. The van der Waals surface area contributed by atoms with E-state index in [0.717, 1.165) is 33.0 Å². The molecule has 3 aromatic rings. The van der Waals surface area contributed by atoms with Crippen LogP contribution in [0.25, 0.3) is 16.8 Å². The zero-order chi connectivity index (χ0) is 20.4. The Labute approximate surface area is 172 Å². The van der Waals surface area contributed by atoms with Gasteiger partial charge in [-0.1, -0.05) is 48.5 Å². The first-order valence-corrected chi connectivity index (χ1v) is 10.0. The van der Waals surface area contributed by atoms with Crippen molar-refractivity contribution in [3.8, 4) is 5.75 Å². The van der Waals surface area contributed by atoms with E-state index in [4.69, 9.17) is 4.74 Å². The lowest BCUT2D eigenvalue weighted by Gasteiger charge is -2.13. The minimum Gasteiger partial charge on any atom is -0.493 e. The van der Waals surface area contributed by atoms with Crippen molar-refractivity contribution >= 4 is 39.8 Å². The highest BCUT2D eigenvalue weighted by Crippen LogP contribution is 2.37. The predicted molar refractivity (Wildman–Crippen MR) is 113 cm³/mol. The number of ether oxygens (including phenoxy) is 1. The summed E-state index contributed by atoms with van der Waals surface area (Å²) in [7, 11) is 0. The normalized spacial score (nSPS) is 15.5. The average molecular weight is 407 g/mol. The number of thioether (sulfide) groups is 1. The summed E-state index contributed by atoms with van der Waals surface area (Å²) in [5, 5.41) is 1.52. The van der Waals surface area contributed by atoms with E-state index >= 15 is 0 Å². The predicted octanol–water partition coefficient (Wildman–Crippen LogP) is 5.61. The third kappa shape index (κ3) is 3.76. The minimum absolute atomic E-state index is 0.0947. The summed E-state index contributed by atoms with van der Waals surface area (Å²) in [5.41, 5.74) is 1.05. The molecule has 0 atom stereocenters. The Bertz CT molecular complexity index is 1140. The fraction of sp³-hybridized carbons (Fsp3) is 0.130. The molecule has 1 saturated heterocycles. The molecule has 0 aromatic heterocycles. The first kappa shape index (κ1) is 19.2. The number of halogens is 1. The summed E-state index contributed by atoms with van der Waals surface area (Å²) in [5.74, 6) is -0.228. The number of fused-ring (bicyclic) bond motifs is 1. The van der Waals surface area contributed by atoms with Crippen LogP contribution in [0.15, 0.2) is 65.6 Å². The zero-order valence-corrected chi connectivity index (χ0v) is 16.5. The van der Waals surface area contributed by atoms with Crippen molar-refractivity contribution in [2.45, 2.75) is 13.5 Å². The largest absolute Gasteiger partial charge is 0.493 e. The second-order valence-electron chi connectivity index (χ2n) is 6.49. The van der Waals surface area contributed by atoms with Crippen molar-refractivity contribution < 1.29 is 18.7 Å². The van der Waals surface area contributed by atoms with Gasteiger partial charge in [-0.25, -0.2) is 4.39 Å². The van der Waals surface area contributed by atoms with Gasteiger partial charge in [0, 0.05) is 11.1 Å². The Morgan fingerprint density at radius 1 is 1.03 bits per heavy atom. The Balaban J connectivity index is 1.72. The Kier molecular flexibility index (Phi) is 5.36. The van der Waals surface area contributed by atoms with E-state index in [1.807, 2.05) is 43.3 Å². The summed E-state index contributed by atoms with van der Waals surface area (Å²) in [6.07, 6.45) is 1.69. The molecular weight excluding hydrogens is 389 g/mol. The number of imide groups is 1. The Morgan fingerprint density at radius 3 is 2.59 bits per heavy atom. The van der Waals surface area contributed by atoms with Gasteiger partial charge in [0.2, 0.25) is 0 Å². The van der Waals surface area contributed by atoms with E-state index in [2.05, 4.69) is 0 Å². The highest BCUT2D eigenvalue weighted by Gasteiger charge is 2.35. The van der Waals surface area contributed by atoms with Crippen LogP contribution >= 0.6 is 11.8 Å². The molecule has 1 aliphatic heterocycles. The van der Waals surface area contributed by atoms with E-state index in [1.165, 1.54) is 6.07 Å². The molecule has 0 unspecified atom stereocenters. The van der Waals surface area contributed by atoms with Crippen LogP contribution in [0.5, 0.6) is 5.75 Å². The van der Waals surface area contributed by atoms with E-state index in [1.54, 1.807) is 24.3 Å². The first-order chi connectivity index (χ1) is 14.1. The molecule has 3 aromatic carbocycles. The fourth-order valence-corrected chi connectivity index (χ4v) is 4.09. The molecule has 0 spiro atoms. The van der Waals surface area contributed by atoms with Crippen LogP contribution in [0.2, 0.25) is 0 Å². The van der Waals surface area contributed by atoms with Gasteiger partial charge in [0.15, 0.2) is 0 Å². The van der Waals surface area contributed by atoms with Crippen molar-refractivity contribution in [3.05, 3.63) is 82.5 Å². The number of carbonyl (C=O) groups is 2. The summed E-state index contributed by atoms with van der Waals surface area (Å²) >= 11 is 0.858. The first-order valence-electron chi connectivity index (χ1n) is 9.22. The summed E-state index contributed by atoms with van der Waals surface area (Å²) in [6.45, 7) is 2.28. The fourth-order valence-electron chi connectivity index (χ4n) is 3.27. The quantitative estimate of drug-likeness (QED) is 0.516. The topological polar surface area (TPSA) is 46.6 Å². The maximum atomic E-state index is 14.0. The third-order valence-corrected chi connectivity index (χ3v) is 5.57. The number of hydrogen-bond acceptors (Lipinski definition) is 4. The summed E-state index contributed by atoms with van der Waals surface area (Å²) in [6, 6.07) is 17.7. The van der Waals surface area contributed by atoms with Crippen LogP contribution < -0.4 is 4.74 Å². The van der Waals surface area contributed by atoms with Gasteiger partial charge in [0.05, 0.1) is 18.1 Å². The molecule has 4 rings (SSSR count). The summed E-state index contributed by atoms with van der Waals surface area (Å²) in [4.78, 5) is 26.7. The molecule has 4 nitrogen and oxygen atoms in total. The minimum atomic E-state index is -0.441. The third-order valence-electron chi connectivity index (χ3n) is 4.67. The molecule has 0 saturated carbocycles. The molecular formula is C23H18FNO3S. The van der Waals surface area contributed by atoms with Crippen molar-refractivity contribution in [3.63, 3.8) is 0 Å². The molecule has 146 valence electrons. The van der Waals surface area contributed by atoms with Gasteiger partial charge in [-0.05, 0) is 47.7 Å². The van der Waals surface area contributed by atoms with Gasteiger partial charge in [0.25, 0.3) is 11.1 Å². The maximum absolute atomic E-state index is 14.0. The van der Waals surface area contributed by atoms with Gasteiger partial charge in [-0.2, -0.15) is 0 Å². The van der Waals surface area contributed by atoms with Crippen molar-refractivity contribution in [2.75, 3.05) is 6.61 Å². The van der Waals surface area contributed by atoms with Crippen LogP contribution in [0, 0.1) is 5.82 Å². The molecule has 1 heterocycles. The molecule has 0 N–H and O–H groups in total. The van der Waals surface area contributed by atoms with Gasteiger partial charge in [-0.15, -0.1) is 0 Å². The zero-order valence-electron chi connectivity index (χ0n) is 15.7. The van der Waals surface area contributed by atoms with Crippen LogP contribution in [-0.2, 0) is 11.3 Å².